The third-order valence-electron chi connectivity index (χ3n) is 3.07. The summed E-state index contributed by atoms with van der Waals surface area (Å²) < 4.78 is 38.0. The molecule has 0 fully saturated rings. The van der Waals surface area contributed by atoms with Crippen LogP contribution in [0.2, 0.25) is 0 Å². The number of benzene rings is 2. The van der Waals surface area contributed by atoms with Crippen LogP contribution in [0.5, 0.6) is 0 Å². The first-order chi connectivity index (χ1) is 11.4. The van der Waals surface area contributed by atoms with E-state index in [4.69, 9.17) is 0 Å². The number of nitrogens with zero attached hydrogens (tertiary/aromatic N) is 2. The minimum absolute atomic E-state index is 0.194. The van der Waals surface area contributed by atoms with Crippen LogP contribution in [0, 0.1) is 4.91 Å². The smallest absolute Gasteiger partial charge is 0.267 e. The van der Waals surface area contributed by atoms with Gasteiger partial charge in [0, 0.05) is 5.56 Å². The maximum absolute atomic E-state index is 12.7. The fourth-order valence-electron chi connectivity index (χ4n) is 1.90. The third kappa shape index (κ3) is 4.48. The summed E-state index contributed by atoms with van der Waals surface area (Å²) in [6.07, 6.45) is -4.55. The van der Waals surface area contributed by atoms with Gasteiger partial charge in [-0.25, -0.2) is 5.43 Å². The minimum Gasteiger partial charge on any atom is -0.267 e. The molecule has 0 aliphatic heterocycles. The Bertz CT molecular complexity index is 759. The summed E-state index contributed by atoms with van der Waals surface area (Å²) in [6, 6.07) is 12.5. The molecular weight excluding hydrogens is 323 g/mol. The molecule has 0 heterocycles. The van der Waals surface area contributed by atoms with Gasteiger partial charge < -0.3 is 0 Å². The maximum Gasteiger partial charge on any atom is 0.416 e. The van der Waals surface area contributed by atoms with Gasteiger partial charge in [-0.05, 0) is 23.8 Å². The minimum atomic E-state index is -4.55. The van der Waals surface area contributed by atoms with Crippen molar-refractivity contribution in [1.29, 1.82) is 0 Å². The number of rotatable bonds is 5. The van der Waals surface area contributed by atoms with Gasteiger partial charge in [0.25, 0.3) is 5.91 Å². The number of hydrogen-bond donors (Lipinski definition) is 1. The Kier molecular flexibility index (Phi) is 5.41. The van der Waals surface area contributed by atoms with Crippen molar-refractivity contribution in [2.24, 2.45) is 10.3 Å². The zero-order chi connectivity index (χ0) is 17.6. The number of carbonyl (C=O) groups is 1. The maximum atomic E-state index is 12.7. The van der Waals surface area contributed by atoms with Crippen molar-refractivity contribution >= 4 is 11.6 Å². The average molecular weight is 335 g/mol. The second-order valence-electron chi connectivity index (χ2n) is 4.73. The molecule has 0 atom stereocenters. The van der Waals surface area contributed by atoms with Crippen LogP contribution in [0.3, 0.4) is 0 Å². The highest BCUT2D eigenvalue weighted by molar-refractivity contribution is 6.03. The summed E-state index contributed by atoms with van der Waals surface area (Å²) in [7, 11) is 0. The van der Waals surface area contributed by atoms with Crippen LogP contribution in [-0.4, -0.2) is 18.2 Å². The largest absolute Gasteiger partial charge is 0.416 e. The number of nitrogens with one attached hydrogen (secondary N) is 1. The quantitative estimate of drug-likeness (QED) is 0.515. The van der Waals surface area contributed by atoms with Gasteiger partial charge in [0.2, 0.25) is 0 Å². The third-order valence-corrected chi connectivity index (χ3v) is 3.07. The Labute approximate surface area is 135 Å². The van der Waals surface area contributed by atoms with Crippen LogP contribution in [0.4, 0.5) is 13.2 Å². The highest BCUT2D eigenvalue weighted by Gasteiger charge is 2.30. The molecule has 8 heteroatoms. The van der Waals surface area contributed by atoms with Crippen molar-refractivity contribution < 1.29 is 18.0 Å². The highest BCUT2D eigenvalue weighted by atomic mass is 19.4. The number of amides is 1. The molecule has 0 bridgehead atoms. The summed E-state index contributed by atoms with van der Waals surface area (Å²) in [5.74, 6) is -0.819. The van der Waals surface area contributed by atoms with Crippen LogP contribution in [0.15, 0.2) is 64.9 Å². The van der Waals surface area contributed by atoms with Crippen molar-refractivity contribution in [3.8, 4) is 0 Å². The second-order valence-corrected chi connectivity index (χ2v) is 4.73. The molecule has 0 saturated carbocycles. The van der Waals surface area contributed by atoms with Crippen LogP contribution < -0.4 is 5.43 Å². The molecule has 0 unspecified atom stereocenters. The summed E-state index contributed by atoms with van der Waals surface area (Å²) in [6.45, 7) is -0.285. The number of hydrazone groups is 1. The molecule has 2 rings (SSSR count). The molecule has 0 spiro atoms. The zero-order valence-electron chi connectivity index (χ0n) is 12.2. The van der Waals surface area contributed by atoms with Crippen molar-refractivity contribution in [2.75, 3.05) is 6.54 Å². The first kappa shape index (κ1) is 17.3. The van der Waals surface area contributed by atoms with E-state index < -0.39 is 17.6 Å². The number of nitroso groups, excluding NO2 is 1. The Hall–Kier alpha value is -3.03. The van der Waals surface area contributed by atoms with E-state index in [9.17, 15) is 22.9 Å². The SMILES string of the molecule is O=NCC(=NNC(=O)c1cccc(C(F)(F)F)c1)c1ccccc1. The van der Waals surface area contributed by atoms with Crippen LogP contribution in [0.1, 0.15) is 21.5 Å². The lowest BCUT2D eigenvalue weighted by atomic mass is 10.1. The Morgan fingerprint density at radius 3 is 2.29 bits per heavy atom. The first-order valence-electron chi connectivity index (χ1n) is 6.80. The van der Waals surface area contributed by atoms with Gasteiger partial charge in [-0.15, -0.1) is 0 Å². The van der Waals surface area contributed by atoms with Crippen LogP contribution >= 0.6 is 0 Å². The molecule has 2 aromatic carbocycles. The van der Waals surface area contributed by atoms with E-state index >= 15 is 0 Å². The molecule has 5 nitrogen and oxygen atoms in total. The van der Waals surface area contributed by atoms with Gasteiger partial charge >= 0.3 is 6.18 Å². The monoisotopic (exact) mass is 335 g/mol. The fourth-order valence-corrected chi connectivity index (χ4v) is 1.90. The molecule has 24 heavy (non-hydrogen) atoms. The van der Waals surface area contributed by atoms with Gasteiger partial charge in [0.05, 0.1) is 11.3 Å². The molecule has 1 amide bonds. The number of alkyl halides is 3. The summed E-state index contributed by atoms with van der Waals surface area (Å²) in [5, 5.41) is 6.52. The summed E-state index contributed by atoms with van der Waals surface area (Å²) in [4.78, 5) is 22.5. The first-order valence-corrected chi connectivity index (χ1v) is 6.80. The van der Waals surface area contributed by atoms with Gasteiger partial charge in [-0.1, -0.05) is 41.6 Å². The van der Waals surface area contributed by atoms with E-state index in [0.29, 0.717) is 5.56 Å². The lowest BCUT2D eigenvalue weighted by Gasteiger charge is -2.08. The van der Waals surface area contributed by atoms with Crippen LogP contribution in [-0.2, 0) is 6.18 Å². The van der Waals surface area contributed by atoms with E-state index in [2.05, 4.69) is 15.7 Å². The molecule has 0 saturated heterocycles. The van der Waals surface area contributed by atoms with E-state index in [0.717, 1.165) is 18.2 Å². The molecule has 2 aromatic rings. The molecule has 0 radical (unpaired) electrons. The van der Waals surface area contributed by atoms with Crippen molar-refractivity contribution in [1.82, 2.24) is 5.43 Å². The molecule has 0 aliphatic rings. The highest BCUT2D eigenvalue weighted by Crippen LogP contribution is 2.29. The zero-order valence-corrected chi connectivity index (χ0v) is 12.2. The predicted molar refractivity (Wildman–Crippen MR) is 82.6 cm³/mol. The summed E-state index contributed by atoms with van der Waals surface area (Å²) in [5.41, 5.74) is 1.79. The Balaban J connectivity index is 2.20. The number of hydrogen-bond acceptors (Lipinski definition) is 4. The lowest BCUT2D eigenvalue weighted by Crippen LogP contribution is -2.21. The number of carbonyl (C=O) groups excluding carboxylic acids is 1. The van der Waals surface area contributed by atoms with Crippen molar-refractivity contribution in [3.05, 3.63) is 76.2 Å². The topological polar surface area (TPSA) is 70.9 Å². The van der Waals surface area contributed by atoms with Gasteiger partial charge in [-0.2, -0.15) is 23.2 Å². The van der Waals surface area contributed by atoms with Crippen molar-refractivity contribution in [3.63, 3.8) is 0 Å². The fraction of sp³-hybridized carbons (Fsp3) is 0.125. The van der Waals surface area contributed by atoms with Gasteiger partial charge in [-0.3, -0.25) is 4.79 Å². The van der Waals surface area contributed by atoms with E-state index in [1.165, 1.54) is 6.07 Å². The van der Waals surface area contributed by atoms with E-state index in [1.807, 2.05) is 0 Å². The molecule has 1 N–H and O–H groups in total. The summed E-state index contributed by atoms with van der Waals surface area (Å²) >= 11 is 0. The molecule has 0 aliphatic carbocycles. The van der Waals surface area contributed by atoms with Crippen molar-refractivity contribution in [2.45, 2.75) is 6.18 Å². The average Bonchev–Trinajstić information content (AvgIpc) is 2.58. The Morgan fingerprint density at radius 1 is 1.00 bits per heavy atom. The molecular formula is C16H12F3N3O2. The predicted octanol–water partition coefficient (Wildman–Crippen LogP) is 3.61. The standard InChI is InChI=1S/C16H12F3N3O2/c17-16(18,19)13-8-4-7-12(9-13)15(23)22-21-14(10-20-24)11-5-2-1-3-6-11/h1-9H,10H2,(H,22,23). The second kappa shape index (κ2) is 7.49. The van der Waals surface area contributed by atoms with E-state index in [1.54, 1.807) is 30.3 Å². The normalized spacial score (nSPS) is 11.9. The lowest BCUT2D eigenvalue weighted by molar-refractivity contribution is -0.137. The Morgan fingerprint density at radius 2 is 1.67 bits per heavy atom. The van der Waals surface area contributed by atoms with E-state index in [-0.39, 0.29) is 17.8 Å². The number of halogens is 3. The molecule has 0 aromatic heterocycles. The van der Waals surface area contributed by atoms with Gasteiger partial charge in [0.1, 0.15) is 6.54 Å². The molecule has 124 valence electrons. The van der Waals surface area contributed by atoms with Gasteiger partial charge in [0.15, 0.2) is 0 Å². The van der Waals surface area contributed by atoms with Crippen LogP contribution in [0.25, 0.3) is 0 Å².